The van der Waals surface area contributed by atoms with E-state index in [2.05, 4.69) is 5.10 Å². The quantitative estimate of drug-likeness (QED) is 0.824. The van der Waals surface area contributed by atoms with E-state index in [0.717, 1.165) is 0 Å². The van der Waals surface area contributed by atoms with Crippen LogP contribution in [0.25, 0.3) is 0 Å². The van der Waals surface area contributed by atoms with Crippen molar-refractivity contribution in [3.8, 4) is 0 Å². The summed E-state index contributed by atoms with van der Waals surface area (Å²) in [5, 5.41) is 4.50. The van der Waals surface area contributed by atoms with Gasteiger partial charge in [-0.3, -0.25) is 9.48 Å². The van der Waals surface area contributed by atoms with Crippen LogP contribution in [-0.2, 0) is 11.3 Å². The third kappa shape index (κ3) is 2.52. The van der Waals surface area contributed by atoms with Crippen molar-refractivity contribution in [3.05, 3.63) is 16.9 Å². The Morgan fingerprint density at radius 1 is 1.50 bits per heavy atom. The largest absolute Gasteiger partial charge is 0.372 e. The molecule has 2 rings (SSSR count). The number of ether oxygens (including phenoxy) is 1. The van der Waals surface area contributed by atoms with Crippen molar-refractivity contribution < 1.29 is 9.53 Å². The van der Waals surface area contributed by atoms with Crippen molar-refractivity contribution in [2.75, 3.05) is 13.1 Å². The molecule has 0 aliphatic carbocycles. The Morgan fingerprint density at radius 2 is 2.11 bits per heavy atom. The smallest absolute Gasteiger partial charge is 0.273 e. The molecule has 0 radical (unpaired) electrons. The fourth-order valence-electron chi connectivity index (χ4n) is 2.31. The Labute approximate surface area is 112 Å². The highest BCUT2D eigenvalue weighted by molar-refractivity contribution is 6.33. The number of hydrogen-bond acceptors (Lipinski definition) is 3. The van der Waals surface area contributed by atoms with Gasteiger partial charge in [0, 0.05) is 19.6 Å². The van der Waals surface area contributed by atoms with Crippen LogP contribution >= 0.6 is 11.6 Å². The van der Waals surface area contributed by atoms with Crippen LogP contribution in [0.15, 0.2) is 6.20 Å². The van der Waals surface area contributed by atoms with Gasteiger partial charge in [0.2, 0.25) is 0 Å². The zero-order valence-corrected chi connectivity index (χ0v) is 11.6. The number of carbonyl (C=O) groups is 1. The van der Waals surface area contributed by atoms with E-state index >= 15 is 0 Å². The van der Waals surface area contributed by atoms with Gasteiger partial charge in [-0.25, -0.2) is 0 Å². The molecule has 1 fully saturated rings. The van der Waals surface area contributed by atoms with Gasteiger partial charge >= 0.3 is 0 Å². The molecule has 6 heteroatoms. The Balaban J connectivity index is 2.22. The molecule has 2 atom stereocenters. The van der Waals surface area contributed by atoms with Gasteiger partial charge in [0.05, 0.1) is 23.4 Å². The van der Waals surface area contributed by atoms with Gasteiger partial charge in [-0.15, -0.1) is 0 Å². The van der Waals surface area contributed by atoms with E-state index in [1.807, 2.05) is 20.8 Å². The van der Waals surface area contributed by atoms with Crippen LogP contribution in [0, 0.1) is 0 Å². The topological polar surface area (TPSA) is 47.4 Å². The van der Waals surface area contributed by atoms with E-state index in [1.165, 1.54) is 6.20 Å². The summed E-state index contributed by atoms with van der Waals surface area (Å²) in [5.74, 6) is -0.0682. The zero-order chi connectivity index (χ0) is 13.3. The van der Waals surface area contributed by atoms with Crippen molar-refractivity contribution >= 4 is 17.5 Å². The van der Waals surface area contributed by atoms with Crippen molar-refractivity contribution in [2.24, 2.45) is 0 Å². The maximum Gasteiger partial charge on any atom is 0.273 e. The summed E-state index contributed by atoms with van der Waals surface area (Å²) < 4.78 is 7.26. The number of hydrogen-bond donors (Lipinski definition) is 0. The second-order valence-corrected chi connectivity index (χ2v) is 5.03. The lowest BCUT2D eigenvalue weighted by molar-refractivity contribution is -0.0588. The summed E-state index contributed by atoms with van der Waals surface area (Å²) in [6, 6.07) is 0. The molecule has 0 unspecified atom stereocenters. The molecule has 2 heterocycles. The minimum Gasteiger partial charge on any atom is -0.372 e. The average Bonchev–Trinajstić information content (AvgIpc) is 2.68. The number of halogens is 1. The molecule has 1 aromatic heterocycles. The number of morpholine rings is 1. The van der Waals surface area contributed by atoms with Crippen molar-refractivity contribution in [1.82, 2.24) is 14.7 Å². The van der Waals surface area contributed by atoms with Gasteiger partial charge in [-0.05, 0) is 20.8 Å². The van der Waals surface area contributed by atoms with E-state index in [4.69, 9.17) is 16.3 Å². The van der Waals surface area contributed by atoms with Crippen LogP contribution < -0.4 is 0 Å². The molecule has 5 nitrogen and oxygen atoms in total. The second-order valence-electron chi connectivity index (χ2n) is 4.62. The summed E-state index contributed by atoms with van der Waals surface area (Å²) in [4.78, 5) is 14.3. The van der Waals surface area contributed by atoms with Crippen LogP contribution in [0.3, 0.4) is 0 Å². The van der Waals surface area contributed by atoms with E-state index in [-0.39, 0.29) is 18.1 Å². The Kier molecular flexibility index (Phi) is 3.92. The third-order valence-electron chi connectivity index (χ3n) is 3.00. The maximum atomic E-state index is 12.5. The molecule has 1 aromatic rings. The Morgan fingerprint density at radius 3 is 2.67 bits per heavy atom. The monoisotopic (exact) mass is 271 g/mol. The van der Waals surface area contributed by atoms with Gasteiger partial charge in [-0.1, -0.05) is 11.6 Å². The SMILES string of the molecule is CCn1ncc(Cl)c1C(=O)N1C[C@H](C)O[C@@H](C)C1. The standard InChI is InChI=1S/C12H18ClN3O2/c1-4-16-11(10(13)5-14-16)12(17)15-6-8(2)18-9(3)7-15/h5,8-9H,4,6-7H2,1-3H3/t8-,9-/m0/s1. The lowest BCUT2D eigenvalue weighted by atomic mass is 10.2. The van der Waals surface area contributed by atoms with Crippen LogP contribution in [-0.4, -0.2) is 45.9 Å². The first-order chi connectivity index (χ1) is 8.52. The maximum absolute atomic E-state index is 12.5. The zero-order valence-electron chi connectivity index (χ0n) is 10.9. The molecular weight excluding hydrogens is 254 g/mol. The highest BCUT2D eigenvalue weighted by atomic mass is 35.5. The molecule has 18 heavy (non-hydrogen) atoms. The molecule has 100 valence electrons. The summed E-state index contributed by atoms with van der Waals surface area (Å²) in [6.07, 6.45) is 1.62. The Hall–Kier alpha value is -1.07. The molecule has 1 saturated heterocycles. The predicted molar refractivity (Wildman–Crippen MR) is 68.8 cm³/mol. The highest BCUT2D eigenvalue weighted by Gasteiger charge is 2.29. The summed E-state index contributed by atoms with van der Waals surface area (Å²) in [7, 11) is 0. The van der Waals surface area contributed by atoms with E-state index < -0.39 is 0 Å². The fraction of sp³-hybridized carbons (Fsp3) is 0.667. The average molecular weight is 272 g/mol. The number of amides is 1. The summed E-state index contributed by atoms with van der Waals surface area (Å²) >= 11 is 6.05. The molecule has 0 bridgehead atoms. The molecule has 0 saturated carbocycles. The van der Waals surface area contributed by atoms with Gasteiger partial charge in [0.1, 0.15) is 5.69 Å². The van der Waals surface area contributed by atoms with Crippen molar-refractivity contribution in [2.45, 2.75) is 39.5 Å². The van der Waals surface area contributed by atoms with Gasteiger partial charge in [-0.2, -0.15) is 5.10 Å². The molecule has 1 amide bonds. The van der Waals surface area contributed by atoms with E-state index in [9.17, 15) is 4.79 Å². The van der Waals surface area contributed by atoms with Crippen LogP contribution in [0.1, 0.15) is 31.3 Å². The lowest BCUT2D eigenvalue weighted by Gasteiger charge is -2.35. The molecule has 0 aromatic carbocycles. The normalized spacial score (nSPS) is 24.3. The molecule has 1 aliphatic heterocycles. The minimum absolute atomic E-state index is 0.0504. The number of rotatable bonds is 2. The number of aromatic nitrogens is 2. The molecule has 0 N–H and O–H groups in total. The first-order valence-corrected chi connectivity index (χ1v) is 6.56. The van der Waals surface area contributed by atoms with Gasteiger partial charge in [0.15, 0.2) is 0 Å². The first kappa shape index (κ1) is 13.4. The summed E-state index contributed by atoms with van der Waals surface area (Å²) in [6.45, 7) is 7.68. The molecular formula is C12H18ClN3O2. The minimum atomic E-state index is -0.0682. The molecule has 1 aliphatic rings. The third-order valence-corrected chi connectivity index (χ3v) is 3.28. The Bertz CT molecular complexity index is 437. The first-order valence-electron chi connectivity index (χ1n) is 6.19. The number of nitrogens with zero attached hydrogens (tertiary/aromatic N) is 3. The van der Waals surface area contributed by atoms with Gasteiger partial charge in [0.25, 0.3) is 5.91 Å². The lowest BCUT2D eigenvalue weighted by Crippen LogP contribution is -2.48. The number of carbonyl (C=O) groups excluding carboxylic acids is 1. The highest BCUT2D eigenvalue weighted by Crippen LogP contribution is 2.20. The molecule has 0 spiro atoms. The predicted octanol–water partition coefficient (Wildman–Crippen LogP) is 1.81. The van der Waals surface area contributed by atoms with Crippen LogP contribution in [0.4, 0.5) is 0 Å². The van der Waals surface area contributed by atoms with Crippen molar-refractivity contribution in [3.63, 3.8) is 0 Å². The van der Waals surface area contributed by atoms with E-state index in [0.29, 0.717) is 30.4 Å². The van der Waals surface area contributed by atoms with Crippen LogP contribution in [0.5, 0.6) is 0 Å². The van der Waals surface area contributed by atoms with Gasteiger partial charge < -0.3 is 9.64 Å². The number of aryl methyl sites for hydroxylation is 1. The fourth-order valence-corrected chi connectivity index (χ4v) is 2.53. The van der Waals surface area contributed by atoms with Crippen molar-refractivity contribution in [1.29, 1.82) is 0 Å². The van der Waals surface area contributed by atoms with E-state index in [1.54, 1.807) is 9.58 Å². The summed E-state index contributed by atoms with van der Waals surface area (Å²) in [5.41, 5.74) is 0.473. The second kappa shape index (κ2) is 5.28. The van der Waals surface area contributed by atoms with Crippen LogP contribution in [0.2, 0.25) is 5.02 Å².